The van der Waals surface area contributed by atoms with Gasteiger partial charge in [-0.1, -0.05) is 12.1 Å². The van der Waals surface area contributed by atoms with Crippen molar-refractivity contribution in [2.24, 2.45) is 0 Å². The minimum absolute atomic E-state index is 0.0572. The van der Waals surface area contributed by atoms with Gasteiger partial charge in [0.25, 0.3) is 5.91 Å². The highest BCUT2D eigenvalue weighted by molar-refractivity contribution is 6.03. The third-order valence-corrected chi connectivity index (χ3v) is 2.65. The van der Waals surface area contributed by atoms with Gasteiger partial charge in [0.05, 0.1) is 11.9 Å². The zero-order chi connectivity index (χ0) is 15.2. The van der Waals surface area contributed by atoms with Crippen LogP contribution in [0.4, 0.5) is 20.2 Å². The first-order valence-electron chi connectivity index (χ1n) is 6.18. The van der Waals surface area contributed by atoms with Crippen molar-refractivity contribution < 1.29 is 13.6 Å². The Labute approximate surface area is 120 Å². The molecule has 0 aliphatic carbocycles. The van der Waals surface area contributed by atoms with Gasteiger partial charge in [0.15, 0.2) is 0 Å². The molecule has 2 aromatic rings. The highest BCUT2D eigenvalue weighted by Gasteiger charge is 2.14. The number of para-hydroxylation sites is 1. The number of benzene rings is 1. The fourth-order valence-electron chi connectivity index (χ4n) is 1.62. The van der Waals surface area contributed by atoms with Gasteiger partial charge in [-0.15, -0.1) is 6.58 Å². The molecule has 0 saturated carbocycles. The predicted molar refractivity (Wildman–Crippen MR) is 77.2 cm³/mol. The third-order valence-electron chi connectivity index (χ3n) is 2.65. The molecule has 0 saturated heterocycles. The van der Waals surface area contributed by atoms with Crippen molar-refractivity contribution in [1.29, 1.82) is 0 Å². The molecular weight excluding hydrogens is 276 g/mol. The predicted octanol–water partition coefficient (Wildman–Crippen LogP) is 3.21. The number of pyridine rings is 1. The molecule has 1 aromatic carbocycles. The van der Waals surface area contributed by atoms with Gasteiger partial charge in [0, 0.05) is 6.54 Å². The van der Waals surface area contributed by atoms with Gasteiger partial charge in [-0.2, -0.15) is 0 Å². The van der Waals surface area contributed by atoms with E-state index in [9.17, 15) is 13.6 Å². The minimum Gasteiger partial charge on any atom is -0.380 e. The number of anilines is 2. The quantitative estimate of drug-likeness (QED) is 0.831. The number of halogens is 2. The number of carbonyl (C=O) groups is 1. The van der Waals surface area contributed by atoms with Crippen molar-refractivity contribution in [2.75, 3.05) is 17.2 Å². The molecule has 0 bridgehead atoms. The molecule has 0 unspecified atom stereocenters. The van der Waals surface area contributed by atoms with Gasteiger partial charge in [-0.3, -0.25) is 4.79 Å². The summed E-state index contributed by atoms with van der Waals surface area (Å²) < 4.78 is 26.9. The first-order chi connectivity index (χ1) is 10.1. The molecule has 0 atom stereocenters. The number of nitrogens with zero attached hydrogens (tertiary/aromatic N) is 1. The van der Waals surface area contributed by atoms with Crippen LogP contribution in [0.1, 0.15) is 10.5 Å². The van der Waals surface area contributed by atoms with Crippen molar-refractivity contribution in [3.63, 3.8) is 0 Å². The fourth-order valence-corrected chi connectivity index (χ4v) is 1.62. The van der Waals surface area contributed by atoms with E-state index in [4.69, 9.17) is 0 Å². The van der Waals surface area contributed by atoms with Crippen LogP contribution < -0.4 is 10.6 Å². The second-order valence-electron chi connectivity index (χ2n) is 4.15. The Morgan fingerprint density at radius 2 is 1.95 bits per heavy atom. The van der Waals surface area contributed by atoms with Crippen LogP contribution in [0.15, 0.2) is 49.2 Å². The van der Waals surface area contributed by atoms with Crippen LogP contribution in [-0.2, 0) is 0 Å². The van der Waals surface area contributed by atoms with Gasteiger partial charge in [-0.25, -0.2) is 13.8 Å². The minimum atomic E-state index is -0.840. The average molecular weight is 289 g/mol. The van der Waals surface area contributed by atoms with Crippen LogP contribution in [0.5, 0.6) is 0 Å². The van der Waals surface area contributed by atoms with Gasteiger partial charge < -0.3 is 10.6 Å². The molecule has 2 rings (SSSR count). The maximum Gasteiger partial charge on any atom is 0.274 e. The van der Waals surface area contributed by atoms with E-state index in [1.54, 1.807) is 12.1 Å². The lowest BCUT2D eigenvalue weighted by molar-refractivity contribution is 0.102. The molecule has 0 aliphatic heterocycles. The Bertz CT molecular complexity index is 636. The van der Waals surface area contributed by atoms with Crippen molar-refractivity contribution in [3.8, 4) is 0 Å². The number of nitrogens with one attached hydrogen (secondary N) is 2. The van der Waals surface area contributed by atoms with Crippen molar-refractivity contribution in [3.05, 3.63) is 66.5 Å². The summed E-state index contributed by atoms with van der Waals surface area (Å²) in [6.07, 6.45) is 3.14. The van der Waals surface area contributed by atoms with E-state index in [0.29, 0.717) is 12.2 Å². The summed E-state index contributed by atoms with van der Waals surface area (Å²) in [5, 5.41) is 5.17. The van der Waals surface area contributed by atoms with Gasteiger partial charge >= 0.3 is 0 Å². The average Bonchev–Trinajstić information content (AvgIpc) is 2.49. The Kier molecular flexibility index (Phi) is 4.61. The van der Waals surface area contributed by atoms with Gasteiger partial charge in [0.2, 0.25) is 0 Å². The SMILES string of the molecule is C=CCNc1ccc(C(=O)Nc2c(F)cccc2F)nc1. The topological polar surface area (TPSA) is 54.0 Å². The van der Waals surface area contributed by atoms with E-state index in [1.807, 2.05) is 0 Å². The molecule has 0 radical (unpaired) electrons. The highest BCUT2D eigenvalue weighted by atomic mass is 19.1. The van der Waals surface area contributed by atoms with E-state index in [0.717, 1.165) is 12.1 Å². The van der Waals surface area contributed by atoms with E-state index >= 15 is 0 Å². The molecule has 1 amide bonds. The molecule has 21 heavy (non-hydrogen) atoms. The number of hydrogen-bond acceptors (Lipinski definition) is 3. The smallest absolute Gasteiger partial charge is 0.274 e. The Balaban J connectivity index is 2.11. The standard InChI is InChI=1S/C15H13F2N3O/c1-2-8-18-10-6-7-13(19-9-10)15(21)20-14-11(16)4-3-5-12(14)17/h2-7,9,18H,1,8H2,(H,20,21). The number of carbonyl (C=O) groups excluding carboxylic acids is 1. The molecule has 1 aromatic heterocycles. The Hall–Kier alpha value is -2.76. The van der Waals surface area contributed by atoms with Crippen molar-refractivity contribution in [2.45, 2.75) is 0 Å². The number of hydrogen-bond donors (Lipinski definition) is 2. The second kappa shape index (κ2) is 6.60. The summed E-state index contributed by atoms with van der Waals surface area (Å²) in [7, 11) is 0. The lowest BCUT2D eigenvalue weighted by Crippen LogP contribution is -2.15. The van der Waals surface area contributed by atoms with E-state index in [-0.39, 0.29) is 5.69 Å². The van der Waals surface area contributed by atoms with Crippen LogP contribution in [0, 0.1) is 11.6 Å². The number of aromatic nitrogens is 1. The fraction of sp³-hybridized carbons (Fsp3) is 0.0667. The summed E-state index contributed by atoms with van der Waals surface area (Å²) in [6, 6.07) is 6.45. The van der Waals surface area contributed by atoms with Crippen molar-refractivity contribution >= 4 is 17.3 Å². The number of rotatable bonds is 5. The molecule has 2 N–H and O–H groups in total. The van der Waals surface area contributed by atoms with Crippen LogP contribution in [0.3, 0.4) is 0 Å². The maximum absolute atomic E-state index is 13.4. The first kappa shape index (κ1) is 14.6. The normalized spacial score (nSPS) is 10.0. The summed E-state index contributed by atoms with van der Waals surface area (Å²) in [6.45, 7) is 4.13. The van der Waals surface area contributed by atoms with Gasteiger partial charge in [0.1, 0.15) is 23.0 Å². The molecular formula is C15H13F2N3O. The largest absolute Gasteiger partial charge is 0.380 e. The summed E-state index contributed by atoms with van der Waals surface area (Å²) in [5.74, 6) is -2.37. The molecule has 1 heterocycles. The van der Waals surface area contributed by atoms with Crippen LogP contribution in [0.25, 0.3) is 0 Å². The molecule has 0 fully saturated rings. The first-order valence-corrected chi connectivity index (χ1v) is 6.18. The molecule has 6 heteroatoms. The molecule has 0 spiro atoms. The third kappa shape index (κ3) is 3.62. The van der Waals surface area contributed by atoms with Crippen molar-refractivity contribution in [1.82, 2.24) is 4.98 Å². The van der Waals surface area contributed by atoms with Crippen LogP contribution >= 0.6 is 0 Å². The summed E-state index contributed by atoms with van der Waals surface area (Å²) >= 11 is 0. The monoisotopic (exact) mass is 289 g/mol. The lowest BCUT2D eigenvalue weighted by Gasteiger charge is -2.08. The lowest BCUT2D eigenvalue weighted by atomic mass is 10.2. The van der Waals surface area contributed by atoms with Crippen LogP contribution in [-0.4, -0.2) is 17.4 Å². The number of amides is 1. The second-order valence-corrected chi connectivity index (χ2v) is 4.15. The summed E-state index contributed by atoms with van der Waals surface area (Å²) in [5.41, 5.74) is 0.281. The zero-order valence-corrected chi connectivity index (χ0v) is 11.1. The Morgan fingerprint density at radius 3 is 2.52 bits per heavy atom. The van der Waals surface area contributed by atoms with Gasteiger partial charge in [-0.05, 0) is 24.3 Å². The molecule has 108 valence electrons. The molecule has 0 aliphatic rings. The van der Waals surface area contributed by atoms with Crippen LogP contribution in [0.2, 0.25) is 0 Å². The van der Waals surface area contributed by atoms with E-state index in [2.05, 4.69) is 22.2 Å². The zero-order valence-electron chi connectivity index (χ0n) is 11.1. The maximum atomic E-state index is 13.4. The Morgan fingerprint density at radius 1 is 1.24 bits per heavy atom. The molecule has 4 nitrogen and oxygen atoms in total. The highest BCUT2D eigenvalue weighted by Crippen LogP contribution is 2.18. The van der Waals surface area contributed by atoms with E-state index < -0.39 is 23.2 Å². The summed E-state index contributed by atoms with van der Waals surface area (Å²) in [4.78, 5) is 15.8. The van der Waals surface area contributed by atoms with E-state index in [1.165, 1.54) is 18.3 Å².